The van der Waals surface area contributed by atoms with Crippen molar-refractivity contribution in [3.63, 3.8) is 0 Å². The number of hydrogen-bond donors (Lipinski definition) is 1. The average Bonchev–Trinajstić information content (AvgIpc) is 3.37. The van der Waals surface area contributed by atoms with Crippen LogP contribution in [0.2, 0.25) is 0 Å². The Kier molecular flexibility index (Phi) is 12.1. The molecule has 1 N–H and O–H groups in total. The number of aliphatic carboxylic acids is 1. The van der Waals surface area contributed by atoms with Crippen molar-refractivity contribution in [3.05, 3.63) is 59.7 Å². The number of carboxylic acid groups (broad SMARTS) is 1. The summed E-state index contributed by atoms with van der Waals surface area (Å²) < 4.78 is 43.5. The number of carbonyl (C=O) groups is 2. The minimum atomic E-state index is -5.08. The zero-order chi connectivity index (χ0) is 30.8. The fraction of sp³-hybridized carbons (Fsp3) is 0.562. The maximum atomic E-state index is 13.2. The number of benzene rings is 2. The van der Waals surface area contributed by atoms with Crippen molar-refractivity contribution < 1.29 is 37.3 Å². The number of hydrogen-bond acceptors (Lipinski definition) is 5. The molecule has 2 fully saturated rings. The molecule has 1 spiro atoms. The fourth-order valence-corrected chi connectivity index (χ4v) is 5.19. The summed E-state index contributed by atoms with van der Waals surface area (Å²) in [5.41, 5.74) is 2.30. The van der Waals surface area contributed by atoms with Gasteiger partial charge in [0.15, 0.2) is 0 Å². The normalized spacial score (nSPS) is 16.7. The van der Waals surface area contributed by atoms with E-state index in [0.29, 0.717) is 5.92 Å². The van der Waals surface area contributed by atoms with Gasteiger partial charge in [0.25, 0.3) is 5.91 Å². The van der Waals surface area contributed by atoms with E-state index in [0.717, 1.165) is 95.1 Å². The third kappa shape index (κ3) is 9.93. The van der Waals surface area contributed by atoms with E-state index < -0.39 is 12.1 Å². The maximum Gasteiger partial charge on any atom is 0.490 e. The van der Waals surface area contributed by atoms with Gasteiger partial charge in [-0.3, -0.25) is 9.69 Å². The summed E-state index contributed by atoms with van der Waals surface area (Å²) in [5, 5.41) is 7.12. The number of ether oxygens (including phenoxy) is 2. The van der Waals surface area contributed by atoms with Crippen LogP contribution in [0.3, 0.4) is 0 Å². The van der Waals surface area contributed by atoms with Crippen LogP contribution in [-0.2, 0) is 11.3 Å². The van der Waals surface area contributed by atoms with Crippen LogP contribution in [0, 0.1) is 11.3 Å². The lowest BCUT2D eigenvalue weighted by Crippen LogP contribution is -2.42. The molecule has 0 aromatic heterocycles. The van der Waals surface area contributed by atoms with Gasteiger partial charge in [0.1, 0.15) is 11.5 Å². The molecule has 4 rings (SSSR count). The van der Waals surface area contributed by atoms with Gasteiger partial charge in [0.05, 0.1) is 13.2 Å². The van der Waals surface area contributed by atoms with E-state index in [1.165, 1.54) is 5.56 Å². The lowest BCUT2D eigenvalue weighted by molar-refractivity contribution is -0.192. The number of carbonyl (C=O) groups excluding carboxylic acids is 1. The second kappa shape index (κ2) is 15.3. The van der Waals surface area contributed by atoms with Gasteiger partial charge < -0.3 is 19.5 Å². The molecule has 2 aromatic carbocycles. The minimum Gasteiger partial charge on any atom is -0.494 e. The van der Waals surface area contributed by atoms with E-state index in [2.05, 4.69) is 54.8 Å². The summed E-state index contributed by atoms with van der Waals surface area (Å²) in [4.78, 5) is 26.7. The summed E-state index contributed by atoms with van der Waals surface area (Å²) in [6.07, 6.45) is 0.488. The van der Waals surface area contributed by atoms with E-state index in [1.807, 2.05) is 24.3 Å². The summed E-state index contributed by atoms with van der Waals surface area (Å²) >= 11 is 0. The Balaban J connectivity index is 0.000000616. The Morgan fingerprint density at radius 1 is 0.976 bits per heavy atom. The number of unbranched alkanes of at least 4 members (excludes halogenated alkanes) is 1. The average molecular weight is 593 g/mol. The highest BCUT2D eigenvalue weighted by atomic mass is 19.4. The van der Waals surface area contributed by atoms with Gasteiger partial charge in [-0.25, -0.2) is 4.79 Å². The molecule has 0 atom stereocenters. The topological polar surface area (TPSA) is 79.3 Å². The second-order valence-corrected chi connectivity index (χ2v) is 11.6. The summed E-state index contributed by atoms with van der Waals surface area (Å²) in [6, 6.07) is 16.1. The SMILES string of the molecule is CCCCOc1ccc(C(=O)N2CCC3(CCN(Cc4ccccc4OCC(C)C)CC3)C2)cc1.O=C(O)C(F)(F)F. The zero-order valence-electron chi connectivity index (χ0n) is 24.8. The van der Waals surface area contributed by atoms with Crippen LogP contribution in [0.25, 0.3) is 0 Å². The van der Waals surface area contributed by atoms with Gasteiger partial charge in [-0.1, -0.05) is 45.4 Å². The predicted octanol–water partition coefficient (Wildman–Crippen LogP) is 6.66. The highest BCUT2D eigenvalue weighted by Crippen LogP contribution is 2.41. The molecule has 1 amide bonds. The molecule has 10 heteroatoms. The van der Waals surface area contributed by atoms with Gasteiger partial charge in [0.2, 0.25) is 0 Å². The molecule has 42 heavy (non-hydrogen) atoms. The van der Waals surface area contributed by atoms with Crippen LogP contribution < -0.4 is 9.47 Å². The number of alkyl halides is 3. The molecule has 2 heterocycles. The molecule has 0 aliphatic carbocycles. The van der Waals surface area contributed by atoms with Gasteiger partial charge in [-0.15, -0.1) is 0 Å². The lowest BCUT2D eigenvalue weighted by Gasteiger charge is -2.39. The third-order valence-electron chi connectivity index (χ3n) is 7.69. The first-order chi connectivity index (χ1) is 19.9. The summed E-state index contributed by atoms with van der Waals surface area (Å²) in [5.74, 6) is -0.228. The van der Waals surface area contributed by atoms with Crippen molar-refractivity contribution in [2.75, 3.05) is 39.4 Å². The molecular formula is C32H43F3N2O5. The van der Waals surface area contributed by atoms with Crippen LogP contribution in [0.15, 0.2) is 48.5 Å². The monoisotopic (exact) mass is 592 g/mol. The first-order valence-electron chi connectivity index (χ1n) is 14.7. The van der Waals surface area contributed by atoms with Gasteiger partial charge in [0, 0.05) is 30.8 Å². The van der Waals surface area contributed by atoms with Gasteiger partial charge >= 0.3 is 12.1 Å². The molecule has 2 saturated heterocycles. The van der Waals surface area contributed by atoms with E-state index >= 15 is 0 Å². The van der Waals surface area contributed by atoms with Crippen LogP contribution in [0.1, 0.15) is 68.8 Å². The lowest BCUT2D eigenvalue weighted by atomic mass is 9.77. The Morgan fingerprint density at radius 2 is 1.60 bits per heavy atom. The summed E-state index contributed by atoms with van der Waals surface area (Å²) in [7, 11) is 0. The number of likely N-dealkylation sites (tertiary alicyclic amines) is 2. The number of carboxylic acids is 1. The van der Waals surface area contributed by atoms with E-state index in [4.69, 9.17) is 19.4 Å². The molecule has 7 nitrogen and oxygen atoms in total. The first kappa shape index (κ1) is 33.2. The molecule has 2 aliphatic rings. The second-order valence-electron chi connectivity index (χ2n) is 11.6. The molecule has 0 bridgehead atoms. The quantitative estimate of drug-likeness (QED) is 0.311. The van der Waals surface area contributed by atoms with E-state index in [1.54, 1.807) is 0 Å². The van der Waals surface area contributed by atoms with Crippen molar-refractivity contribution in [3.8, 4) is 11.5 Å². The van der Waals surface area contributed by atoms with Crippen LogP contribution >= 0.6 is 0 Å². The first-order valence-corrected chi connectivity index (χ1v) is 14.7. The van der Waals surface area contributed by atoms with Gasteiger partial charge in [-0.05, 0) is 80.4 Å². The smallest absolute Gasteiger partial charge is 0.490 e. The van der Waals surface area contributed by atoms with Crippen LogP contribution in [-0.4, -0.2) is 72.4 Å². The van der Waals surface area contributed by atoms with Crippen molar-refractivity contribution in [1.29, 1.82) is 0 Å². The number of para-hydroxylation sites is 1. The van der Waals surface area contributed by atoms with Crippen molar-refractivity contribution in [2.24, 2.45) is 11.3 Å². The zero-order valence-corrected chi connectivity index (χ0v) is 24.8. The Labute approximate surface area is 246 Å². The number of nitrogens with zero attached hydrogens (tertiary/aromatic N) is 2. The van der Waals surface area contributed by atoms with Crippen LogP contribution in [0.4, 0.5) is 13.2 Å². The maximum absolute atomic E-state index is 13.2. The highest BCUT2D eigenvalue weighted by molar-refractivity contribution is 5.94. The Morgan fingerprint density at radius 3 is 2.19 bits per heavy atom. The molecule has 0 unspecified atom stereocenters. The van der Waals surface area contributed by atoms with Crippen LogP contribution in [0.5, 0.6) is 11.5 Å². The van der Waals surface area contributed by atoms with Crippen molar-refractivity contribution in [1.82, 2.24) is 9.80 Å². The number of halogens is 3. The highest BCUT2D eigenvalue weighted by Gasteiger charge is 2.42. The third-order valence-corrected chi connectivity index (χ3v) is 7.69. The van der Waals surface area contributed by atoms with Gasteiger partial charge in [-0.2, -0.15) is 13.2 Å². The van der Waals surface area contributed by atoms with Crippen molar-refractivity contribution in [2.45, 2.75) is 65.6 Å². The molecule has 2 aliphatic heterocycles. The largest absolute Gasteiger partial charge is 0.494 e. The standard InChI is InChI=1S/C30H42N2O3.C2HF3O2/c1-4-5-20-34-27-12-10-25(11-13-27)29(33)32-19-16-30(23-32)14-17-31(18-15-30)21-26-8-6-7-9-28(26)35-22-24(2)3;3-2(4,5)1(6)7/h6-13,24H,4-5,14-23H2,1-3H3;(H,6,7). The molecule has 2 aromatic rings. The molecule has 0 radical (unpaired) electrons. The molecular weight excluding hydrogens is 549 g/mol. The Hall–Kier alpha value is -3.27. The fourth-order valence-electron chi connectivity index (χ4n) is 5.19. The minimum absolute atomic E-state index is 0.153. The number of rotatable bonds is 10. The van der Waals surface area contributed by atoms with E-state index in [9.17, 15) is 18.0 Å². The molecule has 0 saturated carbocycles. The van der Waals surface area contributed by atoms with E-state index in [-0.39, 0.29) is 11.3 Å². The predicted molar refractivity (Wildman–Crippen MR) is 155 cm³/mol. The van der Waals surface area contributed by atoms with Crippen molar-refractivity contribution >= 4 is 11.9 Å². The number of piperidine rings is 1. The number of amides is 1. The molecule has 232 valence electrons. The Bertz CT molecular complexity index is 1150. The summed E-state index contributed by atoms with van der Waals surface area (Å²) in [6.45, 7) is 12.8.